The van der Waals surface area contributed by atoms with E-state index in [2.05, 4.69) is 0 Å². The van der Waals surface area contributed by atoms with Crippen LogP contribution >= 0.6 is 0 Å². The van der Waals surface area contributed by atoms with Gasteiger partial charge in [0.15, 0.2) is 11.5 Å². The molecule has 0 aliphatic carbocycles. The number of carbonyl (C=O) groups excluding carboxylic acids is 1. The van der Waals surface area contributed by atoms with Gasteiger partial charge >= 0.3 is 5.97 Å². The Hall–Kier alpha value is -2.50. The third kappa shape index (κ3) is 4.24. The van der Waals surface area contributed by atoms with Crippen LogP contribution in [0.3, 0.4) is 0 Å². The number of benzene rings is 1. The van der Waals surface area contributed by atoms with Gasteiger partial charge in [-0.3, -0.25) is 9.59 Å². The summed E-state index contributed by atoms with van der Waals surface area (Å²) < 4.78 is 10.0. The quantitative estimate of drug-likeness (QED) is 0.748. The molecule has 1 atom stereocenters. The fourth-order valence-corrected chi connectivity index (χ4v) is 1.79. The van der Waals surface area contributed by atoms with Crippen molar-refractivity contribution in [2.45, 2.75) is 13.3 Å². The molecule has 1 aromatic carbocycles. The summed E-state index contributed by atoms with van der Waals surface area (Å²) in [5.74, 6) is -2.21. The van der Waals surface area contributed by atoms with Crippen molar-refractivity contribution in [3.63, 3.8) is 0 Å². The lowest BCUT2D eigenvalue weighted by molar-refractivity contribution is -0.145. The van der Waals surface area contributed by atoms with Crippen molar-refractivity contribution in [2.75, 3.05) is 14.2 Å². The van der Waals surface area contributed by atoms with Gasteiger partial charge in [-0.15, -0.1) is 0 Å². The summed E-state index contributed by atoms with van der Waals surface area (Å²) in [4.78, 5) is 22.1. The topological polar surface area (TPSA) is 93.1 Å². The van der Waals surface area contributed by atoms with Gasteiger partial charge in [0.05, 0.1) is 14.2 Å². The summed E-state index contributed by atoms with van der Waals surface area (Å²) in [6.07, 6.45) is 3.32. The van der Waals surface area contributed by atoms with Crippen LogP contribution in [0.2, 0.25) is 0 Å². The van der Waals surface area contributed by atoms with Gasteiger partial charge in [0, 0.05) is 0 Å². The van der Waals surface area contributed by atoms with Gasteiger partial charge in [-0.05, 0) is 31.0 Å². The lowest BCUT2D eigenvalue weighted by atomic mass is 10.0. The second-order valence-electron chi connectivity index (χ2n) is 4.41. The maximum atomic E-state index is 11.2. The minimum Gasteiger partial charge on any atom is -0.502 e. The van der Waals surface area contributed by atoms with E-state index in [1.165, 1.54) is 21.1 Å². The van der Waals surface area contributed by atoms with Crippen LogP contribution in [0, 0.1) is 5.92 Å². The number of Topliss-reactive ketones (excluding diaryl/α,β-unsaturated/α-hetero) is 1. The van der Waals surface area contributed by atoms with Crippen molar-refractivity contribution in [1.29, 1.82) is 0 Å². The number of carboxylic acid groups (broad SMARTS) is 1. The molecule has 0 radical (unpaired) electrons. The minimum absolute atomic E-state index is 0.0934. The number of carbonyl (C=O) groups is 2. The Morgan fingerprint density at radius 3 is 2.14 bits per heavy atom. The second kappa shape index (κ2) is 7.33. The number of ketones is 1. The van der Waals surface area contributed by atoms with E-state index in [-0.39, 0.29) is 23.7 Å². The molecule has 1 rings (SSSR count). The summed E-state index contributed by atoms with van der Waals surface area (Å²) in [5, 5.41) is 18.7. The van der Waals surface area contributed by atoms with Gasteiger partial charge in [-0.1, -0.05) is 12.2 Å². The summed E-state index contributed by atoms with van der Waals surface area (Å²) in [6.45, 7) is 1.25. The molecular formula is C15H18O6. The van der Waals surface area contributed by atoms with Crippen LogP contribution in [-0.2, 0) is 9.59 Å². The van der Waals surface area contributed by atoms with Crippen LogP contribution in [0.4, 0.5) is 0 Å². The molecule has 0 aliphatic rings. The summed E-state index contributed by atoms with van der Waals surface area (Å²) in [5.41, 5.74) is 0.661. The first-order valence-electron chi connectivity index (χ1n) is 6.25. The summed E-state index contributed by atoms with van der Waals surface area (Å²) in [7, 11) is 2.83. The number of rotatable bonds is 7. The Morgan fingerprint density at radius 2 is 1.76 bits per heavy atom. The number of hydrogen-bond acceptors (Lipinski definition) is 5. The molecule has 0 aromatic heterocycles. The van der Waals surface area contributed by atoms with E-state index in [1.54, 1.807) is 24.3 Å². The molecular weight excluding hydrogens is 276 g/mol. The number of aromatic hydroxyl groups is 1. The Bertz CT molecular complexity index is 522. The number of aliphatic carboxylic acids is 1. The van der Waals surface area contributed by atoms with Gasteiger partial charge < -0.3 is 19.7 Å². The van der Waals surface area contributed by atoms with Crippen molar-refractivity contribution in [2.24, 2.45) is 5.92 Å². The molecule has 6 heteroatoms. The third-order valence-corrected chi connectivity index (χ3v) is 2.97. The molecule has 0 spiro atoms. The van der Waals surface area contributed by atoms with Crippen molar-refractivity contribution >= 4 is 17.8 Å². The van der Waals surface area contributed by atoms with Crippen LogP contribution in [0.5, 0.6) is 17.2 Å². The van der Waals surface area contributed by atoms with Crippen LogP contribution in [0.25, 0.3) is 6.08 Å². The summed E-state index contributed by atoms with van der Waals surface area (Å²) >= 11 is 0. The van der Waals surface area contributed by atoms with Crippen molar-refractivity contribution in [3.8, 4) is 17.2 Å². The molecule has 0 heterocycles. The monoisotopic (exact) mass is 294 g/mol. The molecule has 0 fully saturated rings. The Kier molecular flexibility index (Phi) is 5.78. The molecule has 1 aromatic rings. The van der Waals surface area contributed by atoms with Gasteiger partial charge in [-0.25, -0.2) is 0 Å². The first kappa shape index (κ1) is 16.6. The zero-order chi connectivity index (χ0) is 16.0. The third-order valence-electron chi connectivity index (χ3n) is 2.97. The molecule has 0 saturated carbocycles. The standard InChI is InChI=1S/C15H18O6/c1-9(16)11(15(18)19)6-4-5-10-7-12(20-2)14(17)13(8-10)21-3/h4-5,7-8,11,17H,6H2,1-3H3,(H,18,19). The van der Waals surface area contributed by atoms with E-state index in [1.807, 2.05) is 0 Å². The van der Waals surface area contributed by atoms with Crippen molar-refractivity contribution in [3.05, 3.63) is 23.8 Å². The van der Waals surface area contributed by atoms with Crippen LogP contribution in [-0.4, -0.2) is 36.2 Å². The van der Waals surface area contributed by atoms with E-state index in [0.29, 0.717) is 5.56 Å². The molecule has 0 aliphatic heterocycles. The summed E-state index contributed by atoms with van der Waals surface area (Å²) in [6, 6.07) is 3.16. The number of allylic oxidation sites excluding steroid dienone is 1. The molecule has 0 bridgehead atoms. The average molecular weight is 294 g/mol. The molecule has 0 saturated heterocycles. The zero-order valence-corrected chi connectivity index (χ0v) is 12.1. The smallest absolute Gasteiger partial charge is 0.314 e. The number of carboxylic acids is 1. The number of phenols is 1. The average Bonchev–Trinajstić information content (AvgIpc) is 2.43. The highest BCUT2D eigenvalue weighted by atomic mass is 16.5. The predicted molar refractivity (Wildman–Crippen MR) is 76.7 cm³/mol. The Balaban J connectivity index is 2.94. The second-order valence-corrected chi connectivity index (χ2v) is 4.41. The maximum Gasteiger partial charge on any atom is 0.314 e. The fourth-order valence-electron chi connectivity index (χ4n) is 1.79. The number of hydrogen-bond donors (Lipinski definition) is 2. The highest BCUT2D eigenvalue weighted by Crippen LogP contribution is 2.37. The van der Waals surface area contributed by atoms with E-state index in [9.17, 15) is 14.7 Å². The first-order valence-corrected chi connectivity index (χ1v) is 6.25. The van der Waals surface area contributed by atoms with Gasteiger partial charge in [0.2, 0.25) is 5.75 Å². The number of phenolic OH excluding ortho intramolecular Hbond substituents is 1. The van der Waals surface area contributed by atoms with E-state index in [4.69, 9.17) is 14.6 Å². The lowest BCUT2D eigenvalue weighted by Crippen LogP contribution is -2.20. The molecule has 114 valence electrons. The largest absolute Gasteiger partial charge is 0.502 e. The van der Waals surface area contributed by atoms with Crippen molar-refractivity contribution in [1.82, 2.24) is 0 Å². The van der Waals surface area contributed by atoms with Gasteiger partial charge in [0.1, 0.15) is 11.7 Å². The van der Waals surface area contributed by atoms with Gasteiger partial charge in [-0.2, -0.15) is 0 Å². The lowest BCUT2D eigenvalue weighted by Gasteiger charge is -2.09. The number of methoxy groups -OCH3 is 2. The minimum atomic E-state index is -1.15. The predicted octanol–water partition coefficient (Wildman–Crippen LogP) is 2.10. The highest BCUT2D eigenvalue weighted by molar-refractivity contribution is 5.97. The van der Waals surface area contributed by atoms with Crippen molar-refractivity contribution < 1.29 is 29.3 Å². The van der Waals surface area contributed by atoms with E-state index in [0.717, 1.165) is 0 Å². The maximum absolute atomic E-state index is 11.2. The van der Waals surface area contributed by atoms with Crippen LogP contribution in [0.1, 0.15) is 18.9 Å². The normalized spacial score (nSPS) is 12.1. The fraction of sp³-hybridized carbons (Fsp3) is 0.333. The SMILES string of the molecule is COc1cc(C=CCC(C(C)=O)C(=O)O)cc(OC)c1O. The molecule has 1 unspecified atom stereocenters. The van der Waals surface area contributed by atoms with E-state index >= 15 is 0 Å². The molecule has 2 N–H and O–H groups in total. The van der Waals surface area contributed by atoms with E-state index < -0.39 is 17.7 Å². The first-order chi connectivity index (χ1) is 9.90. The molecule has 0 amide bonds. The Morgan fingerprint density at radius 1 is 1.24 bits per heavy atom. The Labute approximate surface area is 122 Å². The zero-order valence-electron chi connectivity index (χ0n) is 12.1. The van der Waals surface area contributed by atoms with Gasteiger partial charge in [0.25, 0.3) is 0 Å². The van der Waals surface area contributed by atoms with Crippen LogP contribution < -0.4 is 9.47 Å². The number of ether oxygens (including phenoxy) is 2. The van der Waals surface area contributed by atoms with Crippen LogP contribution in [0.15, 0.2) is 18.2 Å². The molecule has 6 nitrogen and oxygen atoms in total. The molecule has 21 heavy (non-hydrogen) atoms. The highest BCUT2D eigenvalue weighted by Gasteiger charge is 2.20.